The molecule has 0 saturated carbocycles. The molecule has 5 aromatic rings. The molecular weight excluding hydrogens is 375 g/mol. The van der Waals surface area contributed by atoms with Crippen molar-refractivity contribution in [1.29, 1.82) is 0 Å². The molecule has 140 valence electrons. The molecular formula is C25H19BO2S. The van der Waals surface area contributed by atoms with Crippen molar-refractivity contribution in [2.75, 3.05) is 6.26 Å². The Kier molecular flexibility index (Phi) is 4.55. The number of benzene rings is 5. The highest BCUT2D eigenvalue weighted by molar-refractivity contribution is 7.98. The van der Waals surface area contributed by atoms with Gasteiger partial charge in [0.2, 0.25) is 0 Å². The van der Waals surface area contributed by atoms with Crippen LogP contribution in [0.15, 0.2) is 89.8 Å². The van der Waals surface area contributed by atoms with E-state index in [1.807, 2.05) is 24.5 Å². The van der Waals surface area contributed by atoms with Crippen LogP contribution in [0.1, 0.15) is 0 Å². The van der Waals surface area contributed by atoms with Crippen LogP contribution in [0.4, 0.5) is 0 Å². The van der Waals surface area contributed by atoms with E-state index >= 15 is 0 Å². The Morgan fingerprint density at radius 2 is 1.07 bits per heavy atom. The Balaban J connectivity index is 1.81. The van der Waals surface area contributed by atoms with Crippen LogP contribution in [0.5, 0.6) is 0 Å². The van der Waals surface area contributed by atoms with E-state index in [-0.39, 0.29) is 0 Å². The number of hydrogen-bond acceptors (Lipinski definition) is 3. The summed E-state index contributed by atoms with van der Waals surface area (Å²) in [5, 5.41) is 27.0. The monoisotopic (exact) mass is 394 g/mol. The van der Waals surface area contributed by atoms with Gasteiger partial charge in [-0.3, -0.25) is 0 Å². The number of rotatable bonds is 3. The van der Waals surface area contributed by atoms with E-state index in [0.717, 1.165) is 16.0 Å². The lowest BCUT2D eigenvalue weighted by molar-refractivity contribution is 0.425. The number of hydrogen-bond donors (Lipinski definition) is 2. The summed E-state index contributed by atoms with van der Waals surface area (Å²) < 4.78 is 0. The smallest absolute Gasteiger partial charge is 0.423 e. The molecule has 2 nitrogen and oxygen atoms in total. The van der Waals surface area contributed by atoms with Gasteiger partial charge in [0.25, 0.3) is 0 Å². The van der Waals surface area contributed by atoms with Gasteiger partial charge in [-0.2, -0.15) is 0 Å². The lowest BCUT2D eigenvalue weighted by Crippen LogP contribution is -2.31. The van der Waals surface area contributed by atoms with E-state index in [0.29, 0.717) is 5.46 Å². The fourth-order valence-corrected chi connectivity index (χ4v) is 4.81. The van der Waals surface area contributed by atoms with Crippen molar-refractivity contribution in [2.24, 2.45) is 0 Å². The van der Waals surface area contributed by atoms with E-state index in [1.54, 1.807) is 0 Å². The quantitative estimate of drug-likeness (QED) is 0.251. The zero-order chi connectivity index (χ0) is 20.0. The topological polar surface area (TPSA) is 40.5 Å². The molecule has 5 aromatic carbocycles. The van der Waals surface area contributed by atoms with Crippen LogP contribution in [0.2, 0.25) is 0 Å². The Hall–Kier alpha value is -2.79. The summed E-state index contributed by atoms with van der Waals surface area (Å²) in [6.07, 6.45) is 1.94. The fourth-order valence-electron chi connectivity index (χ4n) is 4.20. The van der Waals surface area contributed by atoms with Crippen LogP contribution >= 0.6 is 11.8 Å². The standard InChI is InChI=1S/C25H19BO2S/c1-29-25-13-11-17(15-24(25)26(27)28)16-10-12-22-20-8-3-2-6-18(20)19-7-4-5-9-21(19)23(22)14-16/h2-15,27-28H,1H3. The normalized spacial score (nSPS) is 11.4. The van der Waals surface area contributed by atoms with E-state index in [9.17, 15) is 10.0 Å². The summed E-state index contributed by atoms with van der Waals surface area (Å²) in [7, 11) is -1.48. The third-order valence-corrected chi connectivity index (χ3v) is 6.40. The zero-order valence-electron chi connectivity index (χ0n) is 16.0. The molecule has 0 fully saturated rings. The molecule has 0 radical (unpaired) electrons. The molecule has 0 spiro atoms. The summed E-state index contributed by atoms with van der Waals surface area (Å²) >= 11 is 1.51. The molecule has 0 aliphatic heterocycles. The SMILES string of the molecule is CSc1ccc(-c2ccc3c4ccccc4c4ccccc4c3c2)cc1B(O)O. The van der Waals surface area contributed by atoms with Gasteiger partial charge in [-0.05, 0) is 67.3 Å². The molecule has 0 bridgehead atoms. The first-order chi connectivity index (χ1) is 14.2. The van der Waals surface area contributed by atoms with Crippen molar-refractivity contribution in [1.82, 2.24) is 0 Å². The molecule has 29 heavy (non-hydrogen) atoms. The van der Waals surface area contributed by atoms with Gasteiger partial charge in [0, 0.05) is 4.90 Å². The van der Waals surface area contributed by atoms with Crippen molar-refractivity contribution >= 4 is 56.7 Å². The maximum absolute atomic E-state index is 9.78. The maximum Gasteiger partial charge on any atom is 0.489 e. The average molecular weight is 394 g/mol. The third-order valence-electron chi connectivity index (χ3n) is 5.59. The van der Waals surface area contributed by atoms with E-state index in [1.165, 1.54) is 44.1 Å². The molecule has 0 heterocycles. The summed E-state index contributed by atoms with van der Waals surface area (Å²) in [6.45, 7) is 0. The summed E-state index contributed by atoms with van der Waals surface area (Å²) in [4.78, 5) is 0.876. The summed E-state index contributed by atoms with van der Waals surface area (Å²) in [6, 6.07) is 29.4. The van der Waals surface area contributed by atoms with Crippen LogP contribution in [0, 0.1) is 0 Å². The third kappa shape index (κ3) is 3.01. The second-order valence-corrected chi connectivity index (χ2v) is 8.03. The molecule has 0 amide bonds. The van der Waals surface area contributed by atoms with Gasteiger partial charge >= 0.3 is 7.12 Å². The van der Waals surface area contributed by atoms with Crippen LogP contribution < -0.4 is 5.46 Å². The van der Waals surface area contributed by atoms with Crippen LogP contribution in [-0.4, -0.2) is 23.4 Å². The second kappa shape index (κ2) is 7.23. The molecule has 0 aliphatic carbocycles. The highest BCUT2D eigenvalue weighted by atomic mass is 32.2. The van der Waals surface area contributed by atoms with Gasteiger partial charge in [0.15, 0.2) is 0 Å². The fraction of sp³-hybridized carbons (Fsp3) is 0.0400. The minimum Gasteiger partial charge on any atom is -0.423 e. The van der Waals surface area contributed by atoms with Crippen LogP contribution in [0.25, 0.3) is 43.4 Å². The Bertz CT molecular complexity index is 1340. The summed E-state index contributed by atoms with van der Waals surface area (Å²) in [5.41, 5.74) is 2.58. The zero-order valence-corrected chi connectivity index (χ0v) is 16.8. The van der Waals surface area contributed by atoms with Crippen molar-refractivity contribution in [3.63, 3.8) is 0 Å². The Morgan fingerprint density at radius 3 is 1.62 bits per heavy atom. The van der Waals surface area contributed by atoms with Gasteiger partial charge in [0.05, 0.1) is 0 Å². The van der Waals surface area contributed by atoms with Crippen molar-refractivity contribution in [3.05, 3.63) is 84.9 Å². The second-order valence-electron chi connectivity index (χ2n) is 7.18. The van der Waals surface area contributed by atoms with Crippen molar-refractivity contribution < 1.29 is 10.0 Å². The van der Waals surface area contributed by atoms with E-state index in [4.69, 9.17) is 0 Å². The van der Waals surface area contributed by atoms with E-state index < -0.39 is 7.12 Å². The van der Waals surface area contributed by atoms with E-state index in [2.05, 4.69) is 66.7 Å². The molecule has 5 rings (SSSR count). The van der Waals surface area contributed by atoms with Gasteiger partial charge in [0.1, 0.15) is 0 Å². The number of fused-ring (bicyclic) bond motifs is 6. The minimum atomic E-state index is -1.48. The van der Waals surface area contributed by atoms with Gasteiger partial charge in [-0.25, -0.2) is 0 Å². The molecule has 4 heteroatoms. The van der Waals surface area contributed by atoms with Gasteiger partial charge in [-0.15, -0.1) is 11.8 Å². The molecule has 0 unspecified atom stereocenters. The molecule has 2 N–H and O–H groups in total. The van der Waals surface area contributed by atoms with Crippen molar-refractivity contribution in [2.45, 2.75) is 4.90 Å². The minimum absolute atomic E-state index is 0.540. The lowest BCUT2D eigenvalue weighted by Gasteiger charge is -2.13. The van der Waals surface area contributed by atoms with Gasteiger partial charge in [-0.1, -0.05) is 72.8 Å². The highest BCUT2D eigenvalue weighted by Crippen LogP contribution is 2.37. The average Bonchev–Trinajstić information content (AvgIpc) is 2.78. The van der Waals surface area contributed by atoms with Crippen molar-refractivity contribution in [3.8, 4) is 11.1 Å². The molecule has 0 aromatic heterocycles. The first kappa shape index (κ1) is 18.3. The van der Waals surface area contributed by atoms with Crippen LogP contribution in [-0.2, 0) is 0 Å². The van der Waals surface area contributed by atoms with Crippen LogP contribution in [0.3, 0.4) is 0 Å². The highest BCUT2D eigenvalue weighted by Gasteiger charge is 2.17. The predicted octanol–water partition coefficient (Wildman–Crippen LogP) is 5.21. The number of thioether (sulfide) groups is 1. The maximum atomic E-state index is 9.78. The van der Waals surface area contributed by atoms with Gasteiger partial charge < -0.3 is 10.0 Å². The lowest BCUT2D eigenvalue weighted by atomic mass is 9.79. The first-order valence-electron chi connectivity index (χ1n) is 9.55. The Labute approximate surface area is 174 Å². The molecule has 0 atom stereocenters. The largest absolute Gasteiger partial charge is 0.489 e. The first-order valence-corrected chi connectivity index (χ1v) is 10.8. The predicted molar refractivity (Wildman–Crippen MR) is 126 cm³/mol. The molecule has 0 saturated heterocycles. The summed E-state index contributed by atoms with van der Waals surface area (Å²) in [5.74, 6) is 0. The Morgan fingerprint density at radius 1 is 0.586 bits per heavy atom. The molecule has 0 aliphatic rings.